The van der Waals surface area contributed by atoms with E-state index in [2.05, 4.69) is 21.1 Å². The fourth-order valence-electron chi connectivity index (χ4n) is 3.68. The molecule has 0 atom stereocenters. The van der Waals surface area contributed by atoms with Gasteiger partial charge in [0.25, 0.3) is 0 Å². The van der Waals surface area contributed by atoms with Crippen LogP contribution in [-0.2, 0) is 17.8 Å². The number of fused-ring (bicyclic) bond motifs is 2. The zero-order valence-corrected chi connectivity index (χ0v) is 17.0. The van der Waals surface area contributed by atoms with Crippen LogP contribution in [0.25, 0.3) is 21.9 Å². The standard InChI is InChI=1S/C23H19N5O4/c24-10-14-7-16-17(8-20(14)32-12-13-5-6-13)26-21(25-16)11-28-19-4-2-1-3-15(19)23(31)18(27-28)9-22(29)30/h1-4,7-8,13H,5-6,9,11-12H2,(H,25,26)(H,29,30). The largest absolute Gasteiger partial charge is 0.492 e. The molecular weight excluding hydrogens is 410 g/mol. The molecule has 2 N–H and O–H groups in total. The highest BCUT2D eigenvalue weighted by Gasteiger charge is 2.23. The topological polar surface area (TPSA) is 134 Å². The van der Waals surface area contributed by atoms with Crippen LogP contribution in [0.2, 0.25) is 0 Å². The summed E-state index contributed by atoms with van der Waals surface area (Å²) < 4.78 is 7.40. The Kier molecular flexibility index (Phi) is 4.82. The third kappa shape index (κ3) is 3.78. The lowest BCUT2D eigenvalue weighted by Gasteiger charge is -2.10. The number of para-hydroxylation sites is 1. The van der Waals surface area contributed by atoms with Crippen LogP contribution in [0, 0.1) is 17.2 Å². The highest BCUT2D eigenvalue weighted by Crippen LogP contribution is 2.31. The van der Waals surface area contributed by atoms with Gasteiger partial charge in [-0.15, -0.1) is 0 Å². The normalized spacial score (nSPS) is 13.3. The quantitative estimate of drug-likeness (QED) is 0.461. The van der Waals surface area contributed by atoms with Gasteiger partial charge < -0.3 is 14.8 Å². The Morgan fingerprint density at radius 2 is 2.12 bits per heavy atom. The maximum absolute atomic E-state index is 12.6. The third-order valence-electron chi connectivity index (χ3n) is 5.47. The first-order valence-electron chi connectivity index (χ1n) is 10.3. The molecule has 4 aromatic rings. The predicted molar refractivity (Wildman–Crippen MR) is 115 cm³/mol. The van der Waals surface area contributed by atoms with Crippen LogP contribution >= 0.6 is 0 Å². The van der Waals surface area contributed by atoms with E-state index in [1.165, 1.54) is 0 Å². The smallest absolute Gasteiger partial charge is 0.309 e. The average molecular weight is 429 g/mol. The molecular formula is C23H19N5O4. The second-order valence-electron chi connectivity index (χ2n) is 7.94. The van der Waals surface area contributed by atoms with E-state index in [0.29, 0.717) is 51.6 Å². The van der Waals surface area contributed by atoms with Gasteiger partial charge in [0.2, 0.25) is 5.43 Å². The molecule has 0 aliphatic heterocycles. The van der Waals surface area contributed by atoms with Gasteiger partial charge in [-0.3, -0.25) is 14.3 Å². The second-order valence-corrected chi connectivity index (χ2v) is 7.94. The maximum Gasteiger partial charge on any atom is 0.309 e. The average Bonchev–Trinajstić information content (AvgIpc) is 3.53. The van der Waals surface area contributed by atoms with Crippen molar-refractivity contribution in [2.45, 2.75) is 25.8 Å². The summed E-state index contributed by atoms with van der Waals surface area (Å²) >= 11 is 0. The zero-order chi connectivity index (χ0) is 22.2. The number of hydrogen-bond acceptors (Lipinski definition) is 6. The number of nitriles is 1. The lowest BCUT2D eigenvalue weighted by atomic mass is 10.1. The molecule has 0 amide bonds. The van der Waals surface area contributed by atoms with E-state index in [1.54, 1.807) is 41.1 Å². The van der Waals surface area contributed by atoms with Gasteiger partial charge >= 0.3 is 5.97 Å². The molecule has 1 fully saturated rings. The summed E-state index contributed by atoms with van der Waals surface area (Å²) in [5.41, 5.74) is 1.93. The highest BCUT2D eigenvalue weighted by atomic mass is 16.5. The summed E-state index contributed by atoms with van der Waals surface area (Å²) in [4.78, 5) is 31.6. The number of imidazole rings is 1. The minimum Gasteiger partial charge on any atom is -0.492 e. The summed E-state index contributed by atoms with van der Waals surface area (Å²) in [6.07, 6.45) is 1.85. The summed E-state index contributed by atoms with van der Waals surface area (Å²) in [5.74, 6) is 0.515. The molecule has 0 radical (unpaired) electrons. The molecule has 160 valence electrons. The number of rotatable bonds is 7. The van der Waals surface area contributed by atoms with Gasteiger partial charge in [0.05, 0.1) is 41.7 Å². The van der Waals surface area contributed by atoms with Crippen LogP contribution in [0.5, 0.6) is 5.75 Å². The van der Waals surface area contributed by atoms with Crippen LogP contribution in [0.15, 0.2) is 41.2 Å². The van der Waals surface area contributed by atoms with Crippen molar-refractivity contribution in [3.63, 3.8) is 0 Å². The van der Waals surface area contributed by atoms with Crippen LogP contribution < -0.4 is 10.2 Å². The molecule has 2 aromatic heterocycles. The Morgan fingerprint density at radius 3 is 2.88 bits per heavy atom. The number of H-pyrrole nitrogens is 1. The number of aromatic nitrogens is 4. The van der Waals surface area contributed by atoms with Crippen LogP contribution in [0.3, 0.4) is 0 Å². The molecule has 0 spiro atoms. The number of aliphatic carboxylic acids is 1. The van der Waals surface area contributed by atoms with Gasteiger partial charge in [0.15, 0.2) is 0 Å². The van der Waals surface area contributed by atoms with E-state index in [9.17, 15) is 14.9 Å². The lowest BCUT2D eigenvalue weighted by Crippen LogP contribution is -2.22. The molecule has 32 heavy (non-hydrogen) atoms. The molecule has 1 aliphatic rings. The number of nitrogens with zero attached hydrogens (tertiary/aromatic N) is 4. The second kappa shape index (κ2) is 7.81. The monoisotopic (exact) mass is 429 g/mol. The van der Waals surface area contributed by atoms with Crippen molar-refractivity contribution in [2.75, 3.05) is 6.61 Å². The van der Waals surface area contributed by atoms with Crippen molar-refractivity contribution in [3.8, 4) is 11.8 Å². The fourth-order valence-corrected chi connectivity index (χ4v) is 3.68. The number of carboxylic acids is 1. The number of aromatic amines is 1. The van der Waals surface area contributed by atoms with E-state index >= 15 is 0 Å². The van der Waals surface area contributed by atoms with Gasteiger partial charge in [-0.25, -0.2) is 4.98 Å². The number of carboxylic acid groups (broad SMARTS) is 1. The SMILES string of the molecule is N#Cc1cc2[nH]c(Cn3nc(CC(=O)O)c(=O)c4ccccc43)nc2cc1OCC1CC1. The van der Waals surface area contributed by atoms with E-state index in [-0.39, 0.29) is 17.7 Å². The molecule has 1 aliphatic carbocycles. The minimum absolute atomic E-state index is 0.0326. The van der Waals surface area contributed by atoms with Gasteiger partial charge in [0.1, 0.15) is 23.3 Å². The summed E-state index contributed by atoms with van der Waals surface area (Å²) in [6.45, 7) is 0.791. The Labute approximate surface area is 181 Å². The number of carbonyl (C=O) groups is 1. The van der Waals surface area contributed by atoms with E-state index in [4.69, 9.17) is 9.84 Å². The first kappa shape index (κ1) is 19.8. The van der Waals surface area contributed by atoms with Crippen molar-refractivity contribution in [2.24, 2.45) is 5.92 Å². The molecule has 9 nitrogen and oxygen atoms in total. The van der Waals surface area contributed by atoms with Crippen LogP contribution in [0.4, 0.5) is 0 Å². The molecule has 5 rings (SSSR count). The van der Waals surface area contributed by atoms with Crippen molar-refractivity contribution < 1.29 is 14.6 Å². The number of hydrogen-bond donors (Lipinski definition) is 2. The molecule has 0 unspecified atom stereocenters. The molecule has 1 saturated carbocycles. The van der Waals surface area contributed by atoms with E-state index < -0.39 is 12.4 Å². The molecule has 2 heterocycles. The number of nitrogens with one attached hydrogen (secondary N) is 1. The summed E-state index contributed by atoms with van der Waals surface area (Å²) in [6, 6.07) is 12.6. The maximum atomic E-state index is 12.6. The van der Waals surface area contributed by atoms with Gasteiger partial charge in [-0.05, 0) is 37.0 Å². The first-order chi connectivity index (χ1) is 15.5. The van der Waals surface area contributed by atoms with Crippen molar-refractivity contribution in [1.82, 2.24) is 19.7 Å². The van der Waals surface area contributed by atoms with Crippen LogP contribution in [0.1, 0.15) is 29.9 Å². The Hall–Kier alpha value is -4.19. The predicted octanol–water partition coefficient (Wildman–Crippen LogP) is 2.61. The summed E-state index contributed by atoms with van der Waals surface area (Å²) in [7, 11) is 0. The van der Waals surface area contributed by atoms with Gasteiger partial charge in [-0.1, -0.05) is 12.1 Å². The van der Waals surface area contributed by atoms with E-state index in [0.717, 1.165) is 12.8 Å². The first-order valence-corrected chi connectivity index (χ1v) is 10.3. The Balaban J connectivity index is 1.53. The van der Waals surface area contributed by atoms with Crippen LogP contribution in [-0.4, -0.2) is 37.4 Å². The van der Waals surface area contributed by atoms with Gasteiger partial charge in [0, 0.05) is 11.5 Å². The zero-order valence-electron chi connectivity index (χ0n) is 17.0. The summed E-state index contributed by atoms with van der Waals surface area (Å²) in [5, 5.41) is 23.3. The van der Waals surface area contributed by atoms with E-state index in [1.807, 2.05) is 0 Å². The van der Waals surface area contributed by atoms with Crippen molar-refractivity contribution >= 4 is 27.9 Å². The van der Waals surface area contributed by atoms with Gasteiger partial charge in [-0.2, -0.15) is 10.4 Å². The number of ether oxygens (including phenoxy) is 1. The molecule has 0 bridgehead atoms. The van der Waals surface area contributed by atoms with Crippen molar-refractivity contribution in [3.05, 3.63) is 63.7 Å². The third-order valence-corrected chi connectivity index (χ3v) is 5.47. The highest BCUT2D eigenvalue weighted by molar-refractivity contribution is 5.81. The molecule has 9 heteroatoms. The molecule has 2 aromatic carbocycles. The van der Waals surface area contributed by atoms with Crippen molar-refractivity contribution in [1.29, 1.82) is 5.26 Å². The fraction of sp³-hybridized carbons (Fsp3) is 0.261. The lowest BCUT2D eigenvalue weighted by molar-refractivity contribution is -0.136. The number of benzene rings is 2. The Morgan fingerprint density at radius 1 is 1.31 bits per heavy atom. The molecule has 0 saturated heterocycles. The minimum atomic E-state index is -1.12. The Bertz CT molecular complexity index is 1460.